The summed E-state index contributed by atoms with van der Waals surface area (Å²) in [5, 5.41) is 0.0776. The van der Waals surface area contributed by atoms with E-state index in [1.807, 2.05) is 0 Å². The number of hydrogen-bond donors (Lipinski definition) is 0. The Kier molecular flexibility index (Phi) is 8.89. The molecule has 3 aromatic carbocycles. The summed E-state index contributed by atoms with van der Waals surface area (Å²) in [6.45, 7) is 0.422. The molecule has 1 atom stereocenters. The molecule has 1 aliphatic rings. The average Bonchev–Trinajstić information content (AvgIpc) is 2.93. The Bertz CT molecular complexity index is 1620. The number of esters is 1. The highest BCUT2D eigenvalue weighted by Gasteiger charge is 2.37. The molecule has 13 heteroatoms. The van der Waals surface area contributed by atoms with Crippen LogP contribution in [0.5, 0.6) is 5.75 Å². The van der Waals surface area contributed by atoms with Gasteiger partial charge in [0, 0.05) is 29.5 Å². The molecule has 6 nitrogen and oxygen atoms in total. The van der Waals surface area contributed by atoms with E-state index in [1.165, 1.54) is 49.6 Å². The smallest absolute Gasteiger partial charge is 0.416 e. The van der Waals surface area contributed by atoms with Gasteiger partial charge < -0.3 is 9.47 Å². The van der Waals surface area contributed by atoms with Gasteiger partial charge in [0.2, 0.25) is 0 Å². The molecule has 0 saturated heterocycles. The van der Waals surface area contributed by atoms with E-state index in [4.69, 9.17) is 16.3 Å². The lowest BCUT2D eigenvalue weighted by atomic mass is 10.0. The number of anilines is 1. The number of methoxy groups -OCH3 is 1. The third kappa shape index (κ3) is 6.87. The molecule has 1 heterocycles. The van der Waals surface area contributed by atoms with Crippen LogP contribution in [-0.2, 0) is 31.7 Å². The Labute approximate surface area is 244 Å². The maximum atomic E-state index is 14.2. The Morgan fingerprint density at radius 1 is 1.07 bits per heavy atom. The second-order valence-electron chi connectivity index (χ2n) is 9.57. The monoisotopic (exact) mass is 629 g/mol. The van der Waals surface area contributed by atoms with Crippen molar-refractivity contribution in [2.24, 2.45) is 0 Å². The number of sulfonamides is 1. The molecular formula is C29H25ClF5NO5S. The highest BCUT2D eigenvalue weighted by molar-refractivity contribution is 7.92. The van der Waals surface area contributed by atoms with E-state index in [0.717, 1.165) is 29.4 Å². The molecule has 0 spiro atoms. The van der Waals surface area contributed by atoms with E-state index >= 15 is 0 Å². The Balaban J connectivity index is 1.77. The molecule has 1 aliphatic heterocycles. The van der Waals surface area contributed by atoms with Crippen LogP contribution in [0.2, 0.25) is 5.02 Å². The predicted octanol–water partition coefficient (Wildman–Crippen LogP) is 7.55. The van der Waals surface area contributed by atoms with E-state index in [0.29, 0.717) is 11.6 Å². The molecule has 0 unspecified atom stereocenters. The van der Waals surface area contributed by atoms with Crippen molar-refractivity contribution in [2.45, 2.75) is 42.9 Å². The van der Waals surface area contributed by atoms with Crippen LogP contribution < -0.4 is 9.04 Å². The molecule has 0 radical (unpaired) electrons. The van der Waals surface area contributed by atoms with Crippen molar-refractivity contribution < 1.29 is 44.6 Å². The zero-order valence-corrected chi connectivity index (χ0v) is 23.9. The van der Waals surface area contributed by atoms with Gasteiger partial charge in [-0.2, -0.15) is 13.2 Å². The number of carbonyl (C=O) groups excluding carboxylic acids is 1. The molecule has 0 bridgehead atoms. The van der Waals surface area contributed by atoms with Gasteiger partial charge in [-0.05, 0) is 48.4 Å². The Morgan fingerprint density at radius 3 is 2.45 bits per heavy atom. The van der Waals surface area contributed by atoms with E-state index in [1.54, 1.807) is 6.07 Å². The Morgan fingerprint density at radius 2 is 1.79 bits per heavy atom. The molecule has 0 aromatic heterocycles. The van der Waals surface area contributed by atoms with Crippen LogP contribution in [-0.4, -0.2) is 34.1 Å². The molecule has 0 fully saturated rings. The number of benzene rings is 3. The highest BCUT2D eigenvalue weighted by Crippen LogP contribution is 2.40. The summed E-state index contributed by atoms with van der Waals surface area (Å²) in [7, 11) is -3.36. The second-order valence-corrected chi connectivity index (χ2v) is 11.8. The standard InChI is InChI=1S/C29H25ClF5NO5S/c1-28(31,32)23-7-4-8-24(30)22(23)12-9-18-10-13-26-25(15-18)36(17-20(41-26)11-14-27(37)40-2)42(38,39)21-6-3-5-19(16-21)29(33,34)35/h3-10,12-13,15-16,20H,11,14,17H2,1-2H3/b12-9+/t20-/m0/s1. The number of rotatable bonds is 8. The fraction of sp³-hybridized carbons (Fsp3) is 0.276. The number of hydrogen-bond acceptors (Lipinski definition) is 5. The van der Waals surface area contributed by atoms with E-state index < -0.39 is 44.7 Å². The van der Waals surface area contributed by atoms with Crippen molar-refractivity contribution in [3.63, 3.8) is 0 Å². The lowest BCUT2D eigenvalue weighted by molar-refractivity contribution is -0.141. The lowest BCUT2D eigenvalue weighted by Gasteiger charge is -2.35. The van der Waals surface area contributed by atoms with Crippen LogP contribution >= 0.6 is 11.6 Å². The van der Waals surface area contributed by atoms with E-state index in [2.05, 4.69) is 4.74 Å². The SMILES string of the molecule is COC(=O)CC[C@H]1CN(S(=O)(=O)c2cccc(C(F)(F)F)c2)c2cc(/C=C/c3c(Cl)cccc3C(C)(F)F)ccc2O1. The summed E-state index contributed by atoms with van der Waals surface area (Å²) in [5.41, 5.74) is -0.991. The van der Waals surface area contributed by atoms with Gasteiger partial charge in [-0.1, -0.05) is 48.0 Å². The molecule has 224 valence electrons. The quantitative estimate of drug-likeness (QED) is 0.146. The first-order valence-corrected chi connectivity index (χ1v) is 14.4. The minimum atomic E-state index is -4.78. The van der Waals surface area contributed by atoms with Crippen LogP contribution in [0.4, 0.5) is 27.6 Å². The first-order chi connectivity index (χ1) is 19.6. The van der Waals surface area contributed by atoms with Crippen LogP contribution in [0.15, 0.2) is 65.6 Å². The van der Waals surface area contributed by atoms with Gasteiger partial charge in [0.1, 0.15) is 11.9 Å². The third-order valence-electron chi connectivity index (χ3n) is 6.53. The molecule has 3 aromatic rings. The zero-order chi connectivity index (χ0) is 30.9. The van der Waals surface area contributed by atoms with Gasteiger partial charge in [0.05, 0.1) is 29.8 Å². The van der Waals surface area contributed by atoms with Crippen molar-refractivity contribution in [1.29, 1.82) is 0 Å². The molecule has 42 heavy (non-hydrogen) atoms. The van der Waals surface area contributed by atoms with Crippen LogP contribution in [0.25, 0.3) is 12.2 Å². The summed E-state index contributed by atoms with van der Waals surface area (Å²) in [4.78, 5) is 11.1. The number of ether oxygens (including phenoxy) is 2. The summed E-state index contributed by atoms with van der Waals surface area (Å²) in [6.07, 6.45) is -2.79. The van der Waals surface area contributed by atoms with Crippen molar-refractivity contribution in [2.75, 3.05) is 18.0 Å². The molecule has 0 N–H and O–H groups in total. The summed E-state index contributed by atoms with van der Waals surface area (Å²) in [5.74, 6) is -3.64. The number of fused-ring (bicyclic) bond motifs is 1. The maximum Gasteiger partial charge on any atom is 0.416 e. The molecule has 0 aliphatic carbocycles. The van der Waals surface area contributed by atoms with Crippen molar-refractivity contribution in [3.05, 3.63) is 87.9 Å². The minimum Gasteiger partial charge on any atom is -0.486 e. The first kappa shape index (κ1) is 31.3. The topological polar surface area (TPSA) is 72.9 Å². The van der Waals surface area contributed by atoms with Crippen LogP contribution in [0.3, 0.4) is 0 Å². The molecule has 4 rings (SSSR count). The van der Waals surface area contributed by atoms with Gasteiger partial charge in [0.15, 0.2) is 0 Å². The second kappa shape index (κ2) is 11.9. The van der Waals surface area contributed by atoms with Gasteiger partial charge in [-0.25, -0.2) is 17.2 Å². The van der Waals surface area contributed by atoms with Gasteiger partial charge in [0.25, 0.3) is 15.9 Å². The minimum absolute atomic E-state index is 0.0177. The van der Waals surface area contributed by atoms with E-state index in [-0.39, 0.29) is 47.0 Å². The van der Waals surface area contributed by atoms with E-state index in [9.17, 15) is 35.2 Å². The molecular weight excluding hydrogens is 605 g/mol. The summed E-state index contributed by atoms with van der Waals surface area (Å²) >= 11 is 6.19. The first-order valence-electron chi connectivity index (χ1n) is 12.5. The zero-order valence-electron chi connectivity index (χ0n) is 22.3. The number of alkyl halides is 5. The average molecular weight is 630 g/mol. The summed E-state index contributed by atoms with van der Waals surface area (Å²) < 4.78 is 107. The van der Waals surface area contributed by atoms with Crippen molar-refractivity contribution >= 4 is 45.4 Å². The Hall–Kier alpha value is -3.64. The molecule has 0 saturated carbocycles. The van der Waals surface area contributed by atoms with Crippen LogP contribution in [0, 0.1) is 0 Å². The number of carbonyl (C=O) groups is 1. The van der Waals surface area contributed by atoms with Crippen molar-refractivity contribution in [1.82, 2.24) is 0 Å². The van der Waals surface area contributed by atoms with Crippen molar-refractivity contribution in [3.8, 4) is 5.75 Å². The molecule has 0 amide bonds. The van der Waals surface area contributed by atoms with Gasteiger partial charge in [-0.3, -0.25) is 9.10 Å². The number of halogens is 6. The fourth-order valence-electron chi connectivity index (χ4n) is 4.42. The third-order valence-corrected chi connectivity index (χ3v) is 8.64. The lowest BCUT2D eigenvalue weighted by Crippen LogP contribution is -2.43. The van der Waals surface area contributed by atoms with Gasteiger partial charge >= 0.3 is 12.1 Å². The summed E-state index contributed by atoms with van der Waals surface area (Å²) in [6, 6.07) is 11.9. The largest absolute Gasteiger partial charge is 0.486 e. The number of nitrogens with zero attached hydrogens (tertiary/aromatic N) is 1. The van der Waals surface area contributed by atoms with Gasteiger partial charge in [-0.15, -0.1) is 0 Å². The highest BCUT2D eigenvalue weighted by atomic mass is 35.5. The normalized spacial score (nSPS) is 15.8. The van der Waals surface area contributed by atoms with Crippen LogP contribution in [0.1, 0.15) is 42.0 Å². The fourth-order valence-corrected chi connectivity index (χ4v) is 6.20. The maximum absolute atomic E-state index is 14.2. The predicted molar refractivity (Wildman–Crippen MR) is 148 cm³/mol.